The molecule has 4 aliphatic rings. The number of nitrogens with one attached hydrogen (secondary N) is 1. The molecule has 0 spiro atoms. The first kappa shape index (κ1) is 14.1. The van der Waals surface area contributed by atoms with Crippen molar-refractivity contribution in [2.45, 2.75) is 44.7 Å². The number of piperidine rings is 3. The fourth-order valence-corrected chi connectivity index (χ4v) is 4.02. The first-order valence-corrected chi connectivity index (χ1v) is 8.66. The molecule has 1 N–H and O–H groups in total. The molecule has 1 aromatic rings. The highest BCUT2D eigenvalue weighted by molar-refractivity contribution is 5.95. The van der Waals surface area contributed by atoms with Crippen LogP contribution < -0.4 is 10.2 Å². The van der Waals surface area contributed by atoms with Gasteiger partial charge in [-0.2, -0.15) is 5.10 Å². The molecule has 5 rings (SSSR count). The Morgan fingerprint density at radius 2 is 2.00 bits per heavy atom. The van der Waals surface area contributed by atoms with E-state index in [1.807, 2.05) is 0 Å². The van der Waals surface area contributed by atoms with Crippen molar-refractivity contribution in [2.24, 2.45) is 11.0 Å². The number of unbranched alkanes of at least 4 members (excludes halogenated alkanes) is 1. The maximum absolute atomic E-state index is 5.76. The van der Waals surface area contributed by atoms with Gasteiger partial charge in [-0.3, -0.25) is 4.90 Å². The Labute approximate surface area is 132 Å². The van der Waals surface area contributed by atoms with E-state index in [4.69, 9.17) is 4.74 Å². The van der Waals surface area contributed by atoms with Crippen LogP contribution in [0, 0.1) is 5.92 Å². The molecule has 4 heteroatoms. The van der Waals surface area contributed by atoms with Crippen molar-refractivity contribution in [1.82, 2.24) is 10.3 Å². The van der Waals surface area contributed by atoms with E-state index in [9.17, 15) is 0 Å². The van der Waals surface area contributed by atoms with Crippen molar-refractivity contribution in [3.63, 3.8) is 0 Å². The fraction of sp³-hybridized carbons (Fsp3) is 0.611. The molecule has 2 atom stereocenters. The summed E-state index contributed by atoms with van der Waals surface area (Å²) in [5, 5.41) is 4.68. The summed E-state index contributed by atoms with van der Waals surface area (Å²) in [6.45, 7) is 5.45. The van der Waals surface area contributed by atoms with Gasteiger partial charge in [0.1, 0.15) is 5.75 Å². The first-order valence-electron chi connectivity index (χ1n) is 8.66. The van der Waals surface area contributed by atoms with Gasteiger partial charge in [0.25, 0.3) is 0 Å². The highest BCUT2D eigenvalue weighted by atomic mass is 16.5. The van der Waals surface area contributed by atoms with Gasteiger partial charge in [-0.25, -0.2) is 0 Å². The van der Waals surface area contributed by atoms with Crippen LogP contribution in [0.25, 0.3) is 0 Å². The summed E-state index contributed by atoms with van der Waals surface area (Å²) in [5.74, 6) is 1.69. The van der Waals surface area contributed by atoms with Gasteiger partial charge in [-0.15, -0.1) is 0 Å². The average molecular weight is 299 g/mol. The standard InChI is InChI=1S/C18H25N3O/c1-2-3-12-22-15-6-4-13(5-7-15)16-18-17(20-19-16)14-8-10-21(18)11-9-14/h4-7,14,16,18-19H,2-3,8-12H2,1H3. The number of benzene rings is 1. The zero-order chi connectivity index (χ0) is 14.9. The molecule has 2 unspecified atom stereocenters. The van der Waals surface area contributed by atoms with Gasteiger partial charge in [0.05, 0.1) is 24.4 Å². The van der Waals surface area contributed by atoms with Crippen molar-refractivity contribution < 1.29 is 4.74 Å². The third kappa shape index (κ3) is 2.39. The zero-order valence-corrected chi connectivity index (χ0v) is 13.3. The molecule has 4 aliphatic heterocycles. The second-order valence-corrected chi connectivity index (χ2v) is 6.67. The first-order chi connectivity index (χ1) is 10.9. The third-order valence-corrected chi connectivity index (χ3v) is 5.30. The summed E-state index contributed by atoms with van der Waals surface area (Å²) in [6, 6.07) is 9.37. The van der Waals surface area contributed by atoms with Crippen LogP contribution in [0.3, 0.4) is 0 Å². The molecular formula is C18H25N3O. The summed E-state index contributed by atoms with van der Waals surface area (Å²) < 4.78 is 5.76. The minimum atomic E-state index is 0.308. The van der Waals surface area contributed by atoms with E-state index < -0.39 is 0 Å². The van der Waals surface area contributed by atoms with Crippen LogP contribution in [0.5, 0.6) is 5.75 Å². The van der Waals surface area contributed by atoms with Crippen LogP contribution in [-0.2, 0) is 0 Å². The second kappa shape index (κ2) is 5.92. The summed E-state index contributed by atoms with van der Waals surface area (Å²) >= 11 is 0. The zero-order valence-electron chi connectivity index (χ0n) is 13.3. The SMILES string of the molecule is CCCCOc1ccc(C2NN=C3C4CCN(CC4)C32)cc1. The average Bonchev–Trinajstić information content (AvgIpc) is 3.04. The third-order valence-electron chi connectivity index (χ3n) is 5.30. The Kier molecular flexibility index (Phi) is 3.78. The van der Waals surface area contributed by atoms with Crippen molar-refractivity contribution >= 4 is 5.71 Å². The van der Waals surface area contributed by atoms with Crippen LogP contribution in [-0.4, -0.2) is 36.3 Å². The summed E-state index contributed by atoms with van der Waals surface area (Å²) in [6.07, 6.45) is 4.85. The van der Waals surface area contributed by atoms with Gasteiger partial charge in [0.2, 0.25) is 0 Å². The number of hydrazone groups is 1. The molecule has 0 saturated carbocycles. The summed E-state index contributed by atoms with van der Waals surface area (Å²) in [7, 11) is 0. The van der Waals surface area contributed by atoms with Gasteiger partial charge < -0.3 is 10.2 Å². The molecule has 0 radical (unpaired) electrons. The molecule has 4 nitrogen and oxygen atoms in total. The lowest BCUT2D eigenvalue weighted by Gasteiger charge is -2.45. The number of hydrogen-bond acceptors (Lipinski definition) is 4. The van der Waals surface area contributed by atoms with E-state index in [-0.39, 0.29) is 0 Å². The molecule has 0 aromatic heterocycles. The Morgan fingerprint density at radius 3 is 2.73 bits per heavy atom. The van der Waals surface area contributed by atoms with Crippen LogP contribution in [0.15, 0.2) is 29.4 Å². The highest BCUT2D eigenvalue weighted by Crippen LogP contribution is 2.39. The molecule has 1 aromatic carbocycles. The van der Waals surface area contributed by atoms with Crippen molar-refractivity contribution in [1.29, 1.82) is 0 Å². The molecule has 3 saturated heterocycles. The molecule has 118 valence electrons. The molecule has 2 bridgehead atoms. The lowest BCUT2D eigenvalue weighted by Crippen LogP contribution is -2.56. The second-order valence-electron chi connectivity index (χ2n) is 6.67. The number of rotatable bonds is 5. The largest absolute Gasteiger partial charge is 0.494 e. The number of ether oxygens (including phenoxy) is 1. The lowest BCUT2D eigenvalue weighted by molar-refractivity contribution is 0.133. The van der Waals surface area contributed by atoms with E-state index in [0.29, 0.717) is 18.0 Å². The molecule has 0 amide bonds. The number of nitrogens with zero attached hydrogens (tertiary/aromatic N) is 2. The van der Waals surface area contributed by atoms with Gasteiger partial charge in [-0.1, -0.05) is 25.5 Å². The Balaban J connectivity index is 1.47. The van der Waals surface area contributed by atoms with Crippen molar-refractivity contribution in [3.8, 4) is 5.75 Å². The lowest BCUT2D eigenvalue weighted by atomic mass is 9.78. The minimum Gasteiger partial charge on any atom is -0.494 e. The molecule has 0 aliphatic carbocycles. The van der Waals surface area contributed by atoms with Gasteiger partial charge in [-0.05, 0) is 50.0 Å². The smallest absolute Gasteiger partial charge is 0.119 e. The van der Waals surface area contributed by atoms with E-state index in [1.54, 1.807) is 0 Å². The van der Waals surface area contributed by atoms with Crippen LogP contribution in [0.2, 0.25) is 0 Å². The molecular weight excluding hydrogens is 274 g/mol. The van der Waals surface area contributed by atoms with Crippen LogP contribution in [0.1, 0.15) is 44.2 Å². The maximum Gasteiger partial charge on any atom is 0.119 e. The highest BCUT2D eigenvalue weighted by Gasteiger charge is 2.46. The van der Waals surface area contributed by atoms with E-state index in [2.05, 4.69) is 46.6 Å². The Hall–Kier alpha value is -1.55. The molecule has 3 fully saturated rings. The Bertz CT molecular complexity index is 546. The van der Waals surface area contributed by atoms with E-state index in [0.717, 1.165) is 18.8 Å². The van der Waals surface area contributed by atoms with E-state index in [1.165, 1.54) is 43.6 Å². The summed E-state index contributed by atoms with van der Waals surface area (Å²) in [4.78, 5) is 2.61. The maximum atomic E-state index is 5.76. The topological polar surface area (TPSA) is 36.9 Å². The van der Waals surface area contributed by atoms with Crippen molar-refractivity contribution in [3.05, 3.63) is 29.8 Å². The van der Waals surface area contributed by atoms with E-state index >= 15 is 0 Å². The predicted octanol–water partition coefficient (Wildman–Crippen LogP) is 2.96. The quantitative estimate of drug-likeness (QED) is 0.849. The number of hydrogen-bond donors (Lipinski definition) is 1. The Morgan fingerprint density at radius 1 is 1.23 bits per heavy atom. The van der Waals surface area contributed by atoms with Crippen molar-refractivity contribution in [2.75, 3.05) is 19.7 Å². The van der Waals surface area contributed by atoms with Gasteiger partial charge in [0.15, 0.2) is 0 Å². The molecule has 22 heavy (non-hydrogen) atoms. The predicted molar refractivity (Wildman–Crippen MR) is 88.2 cm³/mol. The van der Waals surface area contributed by atoms with Crippen LogP contribution in [0.4, 0.5) is 0 Å². The molecule has 4 heterocycles. The van der Waals surface area contributed by atoms with Crippen LogP contribution >= 0.6 is 0 Å². The fourth-order valence-electron chi connectivity index (χ4n) is 4.02. The normalized spacial score (nSPS) is 32.3. The van der Waals surface area contributed by atoms with Gasteiger partial charge in [0, 0.05) is 5.92 Å². The van der Waals surface area contributed by atoms with Gasteiger partial charge >= 0.3 is 0 Å². The minimum absolute atomic E-state index is 0.308. The summed E-state index contributed by atoms with van der Waals surface area (Å²) in [5.41, 5.74) is 6.11. The monoisotopic (exact) mass is 299 g/mol. The number of fused-ring (bicyclic) bond motifs is 2.